The summed E-state index contributed by atoms with van der Waals surface area (Å²) in [6.45, 7) is 3.22. The third-order valence-corrected chi connectivity index (χ3v) is 6.00. The van der Waals surface area contributed by atoms with Crippen LogP contribution < -0.4 is 21.3 Å². The summed E-state index contributed by atoms with van der Waals surface area (Å²) < 4.78 is 0. The molecule has 0 radical (unpaired) electrons. The van der Waals surface area contributed by atoms with Gasteiger partial charge >= 0.3 is 0 Å². The van der Waals surface area contributed by atoms with Gasteiger partial charge in [0.1, 0.15) is 12.1 Å². The molecule has 2 heterocycles. The molecule has 0 aliphatic rings. The van der Waals surface area contributed by atoms with Crippen LogP contribution in [0.5, 0.6) is 0 Å². The van der Waals surface area contributed by atoms with Crippen molar-refractivity contribution >= 4 is 35.0 Å². The number of nitrogens with one attached hydrogen (secondary N) is 4. The molecule has 0 aliphatic carbocycles. The predicted molar refractivity (Wildman–Crippen MR) is 151 cm³/mol. The van der Waals surface area contributed by atoms with Crippen LogP contribution >= 0.6 is 0 Å². The lowest BCUT2D eigenvalue weighted by atomic mass is 10.0. The minimum Gasteiger partial charge on any atom is -0.341 e. The summed E-state index contributed by atoms with van der Waals surface area (Å²) in [6, 6.07) is 19.3. The largest absolute Gasteiger partial charge is 0.341 e. The molecule has 4 rings (SSSR count). The lowest BCUT2D eigenvalue weighted by Gasteiger charge is -2.15. The molecule has 202 valence electrons. The Morgan fingerprint density at radius 1 is 0.525 bits per heavy atom. The van der Waals surface area contributed by atoms with E-state index in [0.29, 0.717) is 22.5 Å². The average Bonchev–Trinajstić information content (AvgIpc) is 2.98. The fraction of sp³-hybridized carbons (Fsp3) is 0.133. The van der Waals surface area contributed by atoms with Gasteiger partial charge in [0.05, 0.1) is 0 Å². The topological polar surface area (TPSA) is 142 Å². The van der Waals surface area contributed by atoms with Crippen LogP contribution in [0.25, 0.3) is 11.1 Å². The summed E-state index contributed by atoms with van der Waals surface area (Å²) in [7, 11) is 0. The Balaban J connectivity index is 1.28. The zero-order valence-electron chi connectivity index (χ0n) is 21.9. The van der Waals surface area contributed by atoms with Gasteiger partial charge in [-0.05, 0) is 73.5 Å². The number of carbonyl (C=O) groups is 4. The van der Waals surface area contributed by atoms with Gasteiger partial charge in [-0.25, -0.2) is 0 Å². The average molecular weight is 537 g/mol. The quantitative estimate of drug-likeness (QED) is 0.257. The summed E-state index contributed by atoms with van der Waals surface area (Å²) in [5, 5.41) is 10.9. The first-order chi connectivity index (χ1) is 19.3. The number of anilines is 2. The molecule has 4 amide bonds. The van der Waals surface area contributed by atoms with Crippen LogP contribution in [0.2, 0.25) is 0 Å². The number of amides is 4. The van der Waals surface area contributed by atoms with E-state index in [4.69, 9.17) is 0 Å². The van der Waals surface area contributed by atoms with Gasteiger partial charge in [-0.2, -0.15) is 0 Å². The highest BCUT2D eigenvalue weighted by molar-refractivity contribution is 6.02. The van der Waals surface area contributed by atoms with E-state index in [1.54, 1.807) is 62.4 Å². The number of hydrogen-bond acceptors (Lipinski definition) is 6. The van der Waals surface area contributed by atoms with Crippen LogP contribution in [0.1, 0.15) is 34.6 Å². The molecule has 0 aliphatic heterocycles. The van der Waals surface area contributed by atoms with Crippen LogP contribution in [0.4, 0.5) is 11.4 Å². The van der Waals surface area contributed by atoms with Gasteiger partial charge in [-0.3, -0.25) is 29.1 Å². The monoisotopic (exact) mass is 536 g/mol. The van der Waals surface area contributed by atoms with Crippen molar-refractivity contribution in [3.8, 4) is 11.1 Å². The van der Waals surface area contributed by atoms with Gasteiger partial charge in [0.25, 0.3) is 11.8 Å². The van der Waals surface area contributed by atoms with E-state index in [9.17, 15) is 19.2 Å². The summed E-state index contributed by atoms with van der Waals surface area (Å²) >= 11 is 0. The standard InChI is InChI=1S/C30H28N6O4/c1-19(33-29(39)23-11-15-31-16-12-23)27(37)35-25-7-3-21(4-8-25)22-5-9-26(10-6-22)36-28(38)20(2)34-30(40)24-13-17-32-18-14-24/h3-20H,1-2H3,(H,33,39)(H,34,40)(H,35,37)(H,36,38)/t19-,20-/m1/s1. The van der Waals surface area contributed by atoms with Crippen molar-refractivity contribution in [2.45, 2.75) is 25.9 Å². The molecular weight excluding hydrogens is 508 g/mol. The maximum Gasteiger partial charge on any atom is 0.252 e. The molecule has 0 spiro atoms. The Bertz CT molecular complexity index is 1360. The number of benzene rings is 2. The van der Waals surface area contributed by atoms with Crippen molar-refractivity contribution in [3.05, 3.63) is 109 Å². The molecule has 0 saturated carbocycles. The Hall–Kier alpha value is -5.38. The van der Waals surface area contributed by atoms with Crippen LogP contribution in [-0.4, -0.2) is 45.7 Å². The van der Waals surface area contributed by atoms with E-state index in [0.717, 1.165) is 11.1 Å². The molecule has 0 fully saturated rings. The van der Waals surface area contributed by atoms with E-state index >= 15 is 0 Å². The Morgan fingerprint density at radius 2 is 0.850 bits per heavy atom. The molecule has 2 aromatic heterocycles. The summed E-state index contributed by atoms with van der Waals surface area (Å²) in [4.78, 5) is 57.4. The van der Waals surface area contributed by atoms with E-state index < -0.39 is 12.1 Å². The van der Waals surface area contributed by atoms with Crippen molar-refractivity contribution in [3.63, 3.8) is 0 Å². The molecule has 2 atom stereocenters. The second kappa shape index (κ2) is 12.9. The lowest BCUT2D eigenvalue weighted by molar-refractivity contribution is -0.118. The predicted octanol–water partition coefficient (Wildman–Crippen LogP) is 3.66. The highest BCUT2D eigenvalue weighted by Crippen LogP contribution is 2.23. The zero-order valence-corrected chi connectivity index (χ0v) is 21.9. The maximum atomic E-state index is 12.5. The number of nitrogens with zero attached hydrogens (tertiary/aromatic N) is 2. The molecule has 0 saturated heterocycles. The number of hydrogen-bond donors (Lipinski definition) is 4. The molecule has 10 nitrogen and oxygen atoms in total. The van der Waals surface area contributed by atoms with Gasteiger partial charge in [0, 0.05) is 47.3 Å². The fourth-order valence-electron chi connectivity index (χ4n) is 3.69. The van der Waals surface area contributed by atoms with E-state index in [2.05, 4.69) is 31.2 Å². The van der Waals surface area contributed by atoms with Crippen molar-refractivity contribution in [2.75, 3.05) is 10.6 Å². The second-order valence-corrected chi connectivity index (χ2v) is 9.00. The Morgan fingerprint density at radius 3 is 1.18 bits per heavy atom. The Kier molecular flexibility index (Phi) is 8.93. The molecule has 40 heavy (non-hydrogen) atoms. The molecule has 4 aromatic rings. The maximum absolute atomic E-state index is 12.5. The van der Waals surface area contributed by atoms with Crippen molar-refractivity contribution in [1.82, 2.24) is 20.6 Å². The minimum atomic E-state index is -0.741. The van der Waals surface area contributed by atoms with Crippen molar-refractivity contribution in [1.29, 1.82) is 0 Å². The first-order valence-electron chi connectivity index (χ1n) is 12.5. The first-order valence-corrected chi connectivity index (χ1v) is 12.5. The van der Waals surface area contributed by atoms with Gasteiger partial charge < -0.3 is 21.3 Å². The van der Waals surface area contributed by atoms with Crippen molar-refractivity contribution in [2.24, 2.45) is 0 Å². The summed E-state index contributed by atoms with van der Waals surface area (Å²) in [6.07, 6.45) is 6.05. The van der Waals surface area contributed by atoms with E-state index in [-0.39, 0.29) is 23.6 Å². The third kappa shape index (κ3) is 7.35. The highest BCUT2D eigenvalue weighted by atomic mass is 16.2. The van der Waals surface area contributed by atoms with Gasteiger partial charge in [-0.1, -0.05) is 24.3 Å². The molecule has 4 N–H and O–H groups in total. The van der Waals surface area contributed by atoms with Crippen molar-refractivity contribution < 1.29 is 19.2 Å². The molecule has 2 aromatic carbocycles. The van der Waals surface area contributed by atoms with Crippen LogP contribution in [-0.2, 0) is 9.59 Å². The Labute approximate surface area is 231 Å². The van der Waals surface area contributed by atoms with Crippen LogP contribution in [0, 0.1) is 0 Å². The fourth-order valence-corrected chi connectivity index (χ4v) is 3.69. The normalized spacial score (nSPS) is 11.9. The third-order valence-electron chi connectivity index (χ3n) is 6.00. The van der Waals surface area contributed by atoms with Crippen LogP contribution in [0.15, 0.2) is 97.6 Å². The smallest absolute Gasteiger partial charge is 0.252 e. The number of rotatable bonds is 9. The van der Waals surface area contributed by atoms with E-state index in [1.807, 2.05) is 24.3 Å². The van der Waals surface area contributed by atoms with Gasteiger partial charge in [-0.15, -0.1) is 0 Å². The number of pyridine rings is 2. The van der Waals surface area contributed by atoms with Crippen LogP contribution in [0.3, 0.4) is 0 Å². The first kappa shape index (κ1) is 27.6. The summed E-state index contributed by atoms with van der Waals surface area (Å²) in [5.41, 5.74) is 3.84. The molecule has 0 unspecified atom stereocenters. The summed E-state index contributed by atoms with van der Waals surface area (Å²) in [5.74, 6) is -1.41. The zero-order chi connectivity index (χ0) is 28.5. The minimum absolute atomic E-state index is 0.346. The number of aromatic nitrogens is 2. The lowest BCUT2D eigenvalue weighted by Crippen LogP contribution is -2.41. The highest BCUT2D eigenvalue weighted by Gasteiger charge is 2.18. The molecule has 0 bridgehead atoms. The number of carbonyl (C=O) groups excluding carboxylic acids is 4. The van der Waals surface area contributed by atoms with Gasteiger partial charge in [0.15, 0.2) is 0 Å². The molecule has 10 heteroatoms. The van der Waals surface area contributed by atoms with Gasteiger partial charge in [0.2, 0.25) is 11.8 Å². The second-order valence-electron chi connectivity index (χ2n) is 9.00. The molecular formula is C30H28N6O4. The van der Waals surface area contributed by atoms with E-state index in [1.165, 1.54) is 24.8 Å². The SMILES string of the molecule is C[C@@H](NC(=O)c1ccncc1)C(=O)Nc1ccc(-c2ccc(NC(=O)[C@@H](C)NC(=O)c3ccncc3)cc2)cc1.